The Kier molecular flexibility index (Phi) is 3.21. The van der Waals surface area contributed by atoms with Gasteiger partial charge in [-0.2, -0.15) is 0 Å². The summed E-state index contributed by atoms with van der Waals surface area (Å²) in [4.78, 5) is 11.7. The molecule has 0 amide bonds. The molecular formula is C12H16FNO2. The lowest BCUT2D eigenvalue weighted by Crippen LogP contribution is -2.24. The van der Waals surface area contributed by atoms with Crippen LogP contribution in [-0.2, 0) is 4.74 Å². The zero-order valence-electron chi connectivity index (χ0n) is 9.93. The summed E-state index contributed by atoms with van der Waals surface area (Å²) in [5.74, 6) is -1.20. The number of ether oxygens (including phenoxy) is 1. The molecule has 16 heavy (non-hydrogen) atoms. The maximum atomic E-state index is 13.3. The van der Waals surface area contributed by atoms with Gasteiger partial charge in [0.25, 0.3) is 0 Å². The second-order valence-electron chi connectivity index (χ2n) is 4.71. The molecule has 0 heterocycles. The summed E-state index contributed by atoms with van der Waals surface area (Å²) in [6.45, 7) is 6.92. The van der Waals surface area contributed by atoms with Gasteiger partial charge in [0.15, 0.2) is 0 Å². The Bertz CT molecular complexity index is 422. The summed E-state index contributed by atoms with van der Waals surface area (Å²) in [6, 6.07) is 2.80. The molecule has 0 aliphatic rings. The minimum Gasteiger partial charge on any atom is -0.456 e. The van der Waals surface area contributed by atoms with Gasteiger partial charge in [0, 0.05) is 0 Å². The summed E-state index contributed by atoms with van der Waals surface area (Å²) in [6.07, 6.45) is 0. The van der Waals surface area contributed by atoms with Crippen molar-refractivity contribution in [2.45, 2.75) is 33.3 Å². The van der Waals surface area contributed by atoms with Crippen molar-refractivity contribution in [2.75, 3.05) is 5.73 Å². The third-order valence-corrected chi connectivity index (χ3v) is 1.89. The molecule has 0 fully saturated rings. The third-order valence-electron chi connectivity index (χ3n) is 1.89. The number of nitrogen functional groups attached to an aromatic ring is 1. The standard InChI is InChI=1S/C12H16FNO2/c1-7-5-8(10(14)9(13)6-7)11(15)16-12(2,3)4/h5-6H,14H2,1-4H3. The van der Waals surface area contributed by atoms with Crippen LogP contribution in [0.3, 0.4) is 0 Å². The first-order chi connectivity index (χ1) is 7.20. The predicted molar refractivity (Wildman–Crippen MR) is 60.7 cm³/mol. The molecule has 0 aromatic heterocycles. The normalized spacial score (nSPS) is 11.3. The number of rotatable bonds is 1. The Labute approximate surface area is 94.4 Å². The van der Waals surface area contributed by atoms with E-state index in [4.69, 9.17) is 10.5 Å². The Hall–Kier alpha value is -1.58. The minimum atomic E-state index is -0.621. The molecule has 4 heteroatoms. The average Bonchev–Trinajstić information content (AvgIpc) is 2.08. The highest BCUT2D eigenvalue weighted by Gasteiger charge is 2.21. The van der Waals surface area contributed by atoms with Crippen LogP contribution in [0, 0.1) is 12.7 Å². The maximum Gasteiger partial charge on any atom is 0.340 e. The second kappa shape index (κ2) is 4.12. The van der Waals surface area contributed by atoms with E-state index in [0.29, 0.717) is 5.56 Å². The van der Waals surface area contributed by atoms with E-state index in [1.54, 1.807) is 27.7 Å². The van der Waals surface area contributed by atoms with Crippen LogP contribution >= 0.6 is 0 Å². The van der Waals surface area contributed by atoms with Gasteiger partial charge in [0.2, 0.25) is 0 Å². The highest BCUT2D eigenvalue weighted by atomic mass is 19.1. The average molecular weight is 225 g/mol. The van der Waals surface area contributed by atoms with E-state index in [2.05, 4.69) is 0 Å². The molecule has 0 radical (unpaired) electrons. The summed E-state index contributed by atoms with van der Waals surface area (Å²) in [5, 5.41) is 0. The number of hydrogen-bond donors (Lipinski definition) is 1. The summed E-state index contributed by atoms with van der Waals surface area (Å²) in [7, 11) is 0. The molecule has 2 N–H and O–H groups in total. The molecule has 0 unspecified atom stereocenters. The SMILES string of the molecule is Cc1cc(F)c(N)c(C(=O)OC(C)(C)C)c1. The summed E-state index contributed by atoms with van der Waals surface area (Å²) in [5.41, 5.74) is 5.42. The molecule has 1 rings (SSSR count). The van der Waals surface area contributed by atoms with Gasteiger partial charge in [-0.05, 0) is 45.4 Å². The quantitative estimate of drug-likeness (QED) is 0.590. The van der Waals surface area contributed by atoms with Gasteiger partial charge < -0.3 is 10.5 Å². The molecule has 1 aromatic rings. The van der Waals surface area contributed by atoms with E-state index < -0.39 is 17.4 Å². The number of anilines is 1. The van der Waals surface area contributed by atoms with Crippen LogP contribution < -0.4 is 5.73 Å². The van der Waals surface area contributed by atoms with Gasteiger partial charge in [0.1, 0.15) is 11.4 Å². The second-order valence-corrected chi connectivity index (χ2v) is 4.71. The van der Waals surface area contributed by atoms with Gasteiger partial charge >= 0.3 is 5.97 Å². The van der Waals surface area contributed by atoms with Gasteiger partial charge in [-0.1, -0.05) is 0 Å². The van der Waals surface area contributed by atoms with Crippen LogP contribution in [-0.4, -0.2) is 11.6 Å². The smallest absolute Gasteiger partial charge is 0.340 e. The van der Waals surface area contributed by atoms with Crippen LogP contribution in [0.2, 0.25) is 0 Å². The van der Waals surface area contributed by atoms with Crippen molar-refractivity contribution in [3.63, 3.8) is 0 Å². The van der Waals surface area contributed by atoms with Gasteiger partial charge in [-0.15, -0.1) is 0 Å². The molecule has 0 saturated heterocycles. The molecule has 0 saturated carbocycles. The lowest BCUT2D eigenvalue weighted by Gasteiger charge is -2.20. The van der Waals surface area contributed by atoms with E-state index in [-0.39, 0.29) is 11.3 Å². The Morgan fingerprint density at radius 2 is 1.94 bits per heavy atom. The topological polar surface area (TPSA) is 52.3 Å². The zero-order chi connectivity index (χ0) is 12.5. The Morgan fingerprint density at radius 1 is 1.38 bits per heavy atom. The van der Waals surface area contributed by atoms with Gasteiger partial charge in [-0.3, -0.25) is 0 Å². The van der Waals surface area contributed by atoms with E-state index >= 15 is 0 Å². The van der Waals surface area contributed by atoms with Crippen LogP contribution in [0.1, 0.15) is 36.7 Å². The molecular weight excluding hydrogens is 209 g/mol. The van der Waals surface area contributed by atoms with Crippen molar-refractivity contribution in [2.24, 2.45) is 0 Å². The largest absolute Gasteiger partial charge is 0.456 e. The minimum absolute atomic E-state index is 0.0763. The summed E-state index contributed by atoms with van der Waals surface area (Å²) < 4.78 is 18.4. The van der Waals surface area contributed by atoms with Crippen LogP contribution in [0.15, 0.2) is 12.1 Å². The molecule has 1 aromatic carbocycles. The number of aryl methyl sites for hydroxylation is 1. The van der Waals surface area contributed by atoms with Crippen LogP contribution in [0.5, 0.6) is 0 Å². The number of carbonyl (C=O) groups excluding carboxylic acids is 1. The predicted octanol–water partition coefficient (Wildman–Crippen LogP) is 2.67. The molecule has 88 valence electrons. The number of halogens is 1. The van der Waals surface area contributed by atoms with Crippen LogP contribution in [0.25, 0.3) is 0 Å². The lowest BCUT2D eigenvalue weighted by atomic mass is 10.1. The molecule has 0 spiro atoms. The molecule has 0 aliphatic heterocycles. The van der Waals surface area contributed by atoms with Gasteiger partial charge in [-0.25, -0.2) is 9.18 Å². The van der Waals surface area contributed by atoms with Crippen molar-refractivity contribution in [3.8, 4) is 0 Å². The van der Waals surface area contributed by atoms with Crippen molar-refractivity contribution >= 4 is 11.7 Å². The molecule has 0 aliphatic carbocycles. The molecule has 3 nitrogen and oxygen atoms in total. The molecule has 0 bridgehead atoms. The fourth-order valence-electron chi connectivity index (χ4n) is 1.26. The van der Waals surface area contributed by atoms with Crippen molar-refractivity contribution in [3.05, 3.63) is 29.1 Å². The Balaban J connectivity index is 3.09. The van der Waals surface area contributed by atoms with Crippen LogP contribution in [0.4, 0.5) is 10.1 Å². The highest BCUT2D eigenvalue weighted by Crippen LogP contribution is 2.21. The number of hydrogen-bond acceptors (Lipinski definition) is 3. The fraction of sp³-hybridized carbons (Fsp3) is 0.417. The number of carbonyl (C=O) groups is 1. The first-order valence-electron chi connectivity index (χ1n) is 4.99. The Morgan fingerprint density at radius 3 is 2.44 bits per heavy atom. The van der Waals surface area contributed by atoms with Crippen molar-refractivity contribution in [1.82, 2.24) is 0 Å². The van der Waals surface area contributed by atoms with Crippen molar-refractivity contribution in [1.29, 1.82) is 0 Å². The van der Waals surface area contributed by atoms with Gasteiger partial charge in [0.05, 0.1) is 11.3 Å². The zero-order valence-corrected chi connectivity index (χ0v) is 9.93. The van der Waals surface area contributed by atoms with E-state index in [9.17, 15) is 9.18 Å². The van der Waals surface area contributed by atoms with E-state index in [1.807, 2.05) is 0 Å². The highest BCUT2D eigenvalue weighted by molar-refractivity contribution is 5.95. The maximum absolute atomic E-state index is 13.3. The third kappa shape index (κ3) is 2.95. The summed E-state index contributed by atoms with van der Waals surface area (Å²) >= 11 is 0. The lowest BCUT2D eigenvalue weighted by molar-refractivity contribution is 0.00703. The number of esters is 1. The monoisotopic (exact) mass is 225 g/mol. The van der Waals surface area contributed by atoms with E-state index in [0.717, 1.165) is 0 Å². The first-order valence-corrected chi connectivity index (χ1v) is 4.99. The number of nitrogens with two attached hydrogens (primary N) is 1. The fourth-order valence-corrected chi connectivity index (χ4v) is 1.26. The molecule has 0 atom stereocenters. The first kappa shape index (κ1) is 12.5. The van der Waals surface area contributed by atoms with E-state index in [1.165, 1.54) is 12.1 Å². The number of benzene rings is 1. The van der Waals surface area contributed by atoms with Crippen molar-refractivity contribution < 1.29 is 13.9 Å².